The molecule has 6 heteroatoms. The lowest BCUT2D eigenvalue weighted by atomic mass is 10.1. The SMILES string of the molecule is O=c1[nH]c2ccc(S(=O)(=O)NC3CC3)cc2c2ccccc12. The minimum atomic E-state index is -3.51. The van der Waals surface area contributed by atoms with E-state index >= 15 is 0 Å². The zero-order valence-electron chi connectivity index (χ0n) is 11.7. The van der Waals surface area contributed by atoms with Crippen LogP contribution in [0.4, 0.5) is 0 Å². The molecule has 5 nitrogen and oxygen atoms in total. The van der Waals surface area contributed by atoms with Gasteiger partial charge in [0.2, 0.25) is 10.0 Å². The molecular formula is C16H14N2O3S. The molecule has 1 saturated carbocycles. The first-order chi connectivity index (χ1) is 10.5. The second-order valence-electron chi connectivity index (χ2n) is 5.60. The summed E-state index contributed by atoms with van der Waals surface area (Å²) in [6, 6.07) is 12.0. The Balaban J connectivity index is 1.98. The predicted molar refractivity (Wildman–Crippen MR) is 85.4 cm³/mol. The normalized spacial score (nSPS) is 15.5. The Kier molecular flexibility index (Phi) is 2.85. The highest BCUT2D eigenvalue weighted by Crippen LogP contribution is 2.26. The molecule has 0 bridgehead atoms. The number of H-pyrrole nitrogens is 1. The third-order valence-corrected chi connectivity index (χ3v) is 5.43. The first-order valence-corrected chi connectivity index (χ1v) is 8.60. The second kappa shape index (κ2) is 4.66. The number of aromatic amines is 1. The molecule has 2 N–H and O–H groups in total. The van der Waals surface area contributed by atoms with Gasteiger partial charge in [-0.05, 0) is 42.5 Å². The molecule has 0 spiro atoms. The molecule has 1 aliphatic carbocycles. The number of rotatable bonds is 3. The van der Waals surface area contributed by atoms with Crippen molar-refractivity contribution in [1.82, 2.24) is 9.71 Å². The van der Waals surface area contributed by atoms with Crippen molar-refractivity contribution in [2.75, 3.05) is 0 Å². The smallest absolute Gasteiger partial charge is 0.256 e. The highest BCUT2D eigenvalue weighted by molar-refractivity contribution is 7.89. The van der Waals surface area contributed by atoms with E-state index in [-0.39, 0.29) is 16.5 Å². The fraction of sp³-hybridized carbons (Fsp3) is 0.188. The van der Waals surface area contributed by atoms with Crippen LogP contribution in [-0.4, -0.2) is 19.4 Å². The molecule has 1 aliphatic rings. The Bertz CT molecular complexity index is 1050. The van der Waals surface area contributed by atoms with Gasteiger partial charge in [-0.25, -0.2) is 13.1 Å². The van der Waals surface area contributed by atoms with E-state index in [4.69, 9.17) is 0 Å². The maximum absolute atomic E-state index is 12.3. The lowest BCUT2D eigenvalue weighted by Crippen LogP contribution is -2.25. The molecule has 1 aromatic heterocycles. The van der Waals surface area contributed by atoms with Crippen LogP contribution in [0.5, 0.6) is 0 Å². The molecule has 112 valence electrons. The van der Waals surface area contributed by atoms with Gasteiger partial charge in [0.25, 0.3) is 5.56 Å². The highest BCUT2D eigenvalue weighted by Gasteiger charge is 2.28. The van der Waals surface area contributed by atoms with Crippen molar-refractivity contribution < 1.29 is 8.42 Å². The van der Waals surface area contributed by atoms with E-state index in [1.165, 1.54) is 6.07 Å². The Morgan fingerprint density at radius 2 is 1.73 bits per heavy atom. The molecule has 0 amide bonds. The first-order valence-electron chi connectivity index (χ1n) is 7.12. The lowest BCUT2D eigenvalue weighted by molar-refractivity contribution is 0.581. The van der Waals surface area contributed by atoms with Crippen LogP contribution < -0.4 is 10.3 Å². The van der Waals surface area contributed by atoms with E-state index in [1.807, 2.05) is 12.1 Å². The molecule has 2 aromatic carbocycles. The number of fused-ring (bicyclic) bond motifs is 3. The molecule has 1 heterocycles. The Hall–Kier alpha value is -2.18. The summed E-state index contributed by atoms with van der Waals surface area (Å²) in [5.74, 6) is 0. The average molecular weight is 314 g/mol. The zero-order valence-corrected chi connectivity index (χ0v) is 12.5. The summed E-state index contributed by atoms with van der Waals surface area (Å²) in [5.41, 5.74) is 0.462. The van der Waals surface area contributed by atoms with E-state index in [9.17, 15) is 13.2 Å². The fourth-order valence-electron chi connectivity index (χ4n) is 2.62. The molecule has 0 radical (unpaired) electrons. The fourth-order valence-corrected chi connectivity index (χ4v) is 3.95. The third kappa shape index (κ3) is 2.20. The Morgan fingerprint density at radius 3 is 2.45 bits per heavy atom. The topological polar surface area (TPSA) is 79.0 Å². The van der Waals surface area contributed by atoms with Crippen LogP contribution in [0.2, 0.25) is 0 Å². The molecule has 0 aliphatic heterocycles. The van der Waals surface area contributed by atoms with Gasteiger partial charge in [-0.3, -0.25) is 4.79 Å². The summed E-state index contributed by atoms with van der Waals surface area (Å²) in [4.78, 5) is 15.1. The maximum atomic E-state index is 12.3. The van der Waals surface area contributed by atoms with Crippen LogP contribution in [-0.2, 0) is 10.0 Å². The van der Waals surface area contributed by atoms with Crippen LogP contribution in [0.3, 0.4) is 0 Å². The zero-order chi connectivity index (χ0) is 15.3. The average Bonchev–Trinajstić information content (AvgIpc) is 3.30. The van der Waals surface area contributed by atoms with E-state index in [2.05, 4.69) is 9.71 Å². The molecule has 3 aromatic rings. The monoisotopic (exact) mass is 314 g/mol. The number of nitrogens with one attached hydrogen (secondary N) is 2. The van der Waals surface area contributed by atoms with Gasteiger partial charge < -0.3 is 4.98 Å². The van der Waals surface area contributed by atoms with Crippen molar-refractivity contribution in [3.63, 3.8) is 0 Å². The van der Waals surface area contributed by atoms with Gasteiger partial charge in [0.15, 0.2) is 0 Å². The molecule has 4 rings (SSSR count). The van der Waals surface area contributed by atoms with Crippen LogP contribution in [0.25, 0.3) is 21.7 Å². The Labute approximate surface area is 127 Å². The van der Waals surface area contributed by atoms with Crippen LogP contribution >= 0.6 is 0 Å². The van der Waals surface area contributed by atoms with Gasteiger partial charge >= 0.3 is 0 Å². The summed E-state index contributed by atoms with van der Waals surface area (Å²) in [7, 11) is -3.51. The minimum Gasteiger partial charge on any atom is -0.321 e. The van der Waals surface area contributed by atoms with Gasteiger partial charge in [-0.15, -0.1) is 0 Å². The number of sulfonamides is 1. The number of pyridine rings is 1. The summed E-state index contributed by atoms with van der Waals surface area (Å²) in [6.45, 7) is 0. The van der Waals surface area contributed by atoms with Gasteiger partial charge in [-0.1, -0.05) is 18.2 Å². The van der Waals surface area contributed by atoms with Crippen molar-refractivity contribution in [3.05, 3.63) is 52.8 Å². The van der Waals surface area contributed by atoms with Gasteiger partial charge in [0, 0.05) is 22.3 Å². The number of hydrogen-bond acceptors (Lipinski definition) is 3. The summed E-state index contributed by atoms with van der Waals surface area (Å²) >= 11 is 0. The molecule has 22 heavy (non-hydrogen) atoms. The highest BCUT2D eigenvalue weighted by atomic mass is 32.2. The second-order valence-corrected chi connectivity index (χ2v) is 7.32. The van der Waals surface area contributed by atoms with E-state index in [0.29, 0.717) is 10.9 Å². The molecule has 1 fully saturated rings. The largest absolute Gasteiger partial charge is 0.321 e. The number of benzene rings is 2. The van der Waals surface area contributed by atoms with Crippen LogP contribution in [0.15, 0.2) is 52.2 Å². The first kappa shape index (κ1) is 13.5. The number of aromatic nitrogens is 1. The minimum absolute atomic E-state index is 0.0630. The maximum Gasteiger partial charge on any atom is 0.256 e. The van der Waals surface area contributed by atoms with E-state index in [1.54, 1.807) is 24.3 Å². The van der Waals surface area contributed by atoms with E-state index < -0.39 is 10.0 Å². The molecular weight excluding hydrogens is 300 g/mol. The third-order valence-electron chi connectivity index (χ3n) is 3.91. The van der Waals surface area contributed by atoms with Crippen molar-refractivity contribution in [2.24, 2.45) is 0 Å². The lowest BCUT2D eigenvalue weighted by Gasteiger charge is -2.08. The summed E-state index contributed by atoms with van der Waals surface area (Å²) in [5, 5.41) is 2.04. The summed E-state index contributed by atoms with van der Waals surface area (Å²) < 4.78 is 27.4. The van der Waals surface area contributed by atoms with Crippen molar-refractivity contribution in [1.29, 1.82) is 0 Å². The van der Waals surface area contributed by atoms with Crippen molar-refractivity contribution in [3.8, 4) is 0 Å². The Morgan fingerprint density at radius 1 is 1.00 bits per heavy atom. The predicted octanol–water partition coefficient (Wildman–Crippen LogP) is 2.12. The van der Waals surface area contributed by atoms with Gasteiger partial charge in [-0.2, -0.15) is 0 Å². The van der Waals surface area contributed by atoms with E-state index in [0.717, 1.165) is 23.6 Å². The molecule has 0 unspecified atom stereocenters. The molecule has 0 atom stereocenters. The molecule has 0 saturated heterocycles. The van der Waals surface area contributed by atoms with Crippen LogP contribution in [0, 0.1) is 0 Å². The van der Waals surface area contributed by atoms with Crippen molar-refractivity contribution in [2.45, 2.75) is 23.8 Å². The van der Waals surface area contributed by atoms with Crippen molar-refractivity contribution >= 4 is 31.7 Å². The van der Waals surface area contributed by atoms with Gasteiger partial charge in [0.1, 0.15) is 0 Å². The number of hydrogen-bond donors (Lipinski definition) is 2. The summed E-state index contributed by atoms with van der Waals surface area (Å²) in [6.07, 6.45) is 1.78. The van der Waals surface area contributed by atoms with Crippen LogP contribution in [0.1, 0.15) is 12.8 Å². The quantitative estimate of drug-likeness (QED) is 0.727. The van der Waals surface area contributed by atoms with Gasteiger partial charge in [0.05, 0.1) is 4.90 Å². The standard InChI is InChI=1S/C16H14N2O3S/c19-16-13-4-2-1-3-12(13)14-9-11(7-8-15(14)17-16)22(20,21)18-10-5-6-10/h1-4,7-10,18H,5-6H2,(H,17,19).